The van der Waals surface area contributed by atoms with Crippen LogP contribution in [0.15, 0.2) is 54.6 Å². The fourth-order valence-corrected chi connectivity index (χ4v) is 3.35. The summed E-state index contributed by atoms with van der Waals surface area (Å²) >= 11 is 0. The monoisotopic (exact) mass is 383 g/mol. The highest BCUT2D eigenvalue weighted by Gasteiger charge is 2.26. The van der Waals surface area contributed by atoms with Crippen molar-refractivity contribution < 1.29 is 14.0 Å². The molecule has 1 heterocycles. The third-order valence-corrected chi connectivity index (χ3v) is 5.01. The van der Waals surface area contributed by atoms with Crippen LogP contribution >= 0.6 is 0 Å². The first-order chi connectivity index (χ1) is 13.6. The maximum atomic E-state index is 13.0. The second-order valence-electron chi connectivity index (χ2n) is 7.12. The highest BCUT2D eigenvalue weighted by atomic mass is 19.1. The number of benzene rings is 2. The Bertz CT molecular complexity index is 774. The van der Waals surface area contributed by atoms with Gasteiger partial charge in [-0.1, -0.05) is 42.5 Å². The number of nitrogens with one attached hydrogen (secondary N) is 3. The molecule has 2 amide bonds. The number of amides is 2. The Kier molecular flexibility index (Phi) is 7.14. The van der Waals surface area contributed by atoms with Gasteiger partial charge in [-0.15, -0.1) is 0 Å². The molecule has 6 heteroatoms. The van der Waals surface area contributed by atoms with Gasteiger partial charge in [0, 0.05) is 18.9 Å². The molecule has 5 nitrogen and oxygen atoms in total. The zero-order chi connectivity index (χ0) is 19.8. The van der Waals surface area contributed by atoms with Crippen molar-refractivity contribution >= 4 is 11.8 Å². The summed E-state index contributed by atoms with van der Waals surface area (Å²) in [6.45, 7) is 1.92. The first-order valence-electron chi connectivity index (χ1n) is 9.69. The van der Waals surface area contributed by atoms with Gasteiger partial charge >= 0.3 is 0 Å². The van der Waals surface area contributed by atoms with Crippen molar-refractivity contribution in [1.82, 2.24) is 16.0 Å². The molecule has 0 aromatic heterocycles. The Morgan fingerprint density at radius 2 is 1.68 bits per heavy atom. The van der Waals surface area contributed by atoms with Crippen LogP contribution < -0.4 is 16.0 Å². The third kappa shape index (κ3) is 5.89. The van der Waals surface area contributed by atoms with E-state index in [0.29, 0.717) is 6.42 Å². The lowest BCUT2D eigenvalue weighted by atomic mass is 9.96. The summed E-state index contributed by atoms with van der Waals surface area (Å²) < 4.78 is 13.0. The summed E-state index contributed by atoms with van der Waals surface area (Å²) in [6, 6.07) is 15.0. The molecule has 0 saturated carbocycles. The molecular weight excluding hydrogens is 357 g/mol. The fraction of sp³-hybridized carbons (Fsp3) is 0.364. The van der Waals surface area contributed by atoms with Gasteiger partial charge in [-0.05, 0) is 49.2 Å². The molecule has 0 aliphatic carbocycles. The number of carbonyl (C=O) groups is 2. The molecule has 2 aromatic carbocycles. The molecule has 3 rings (SSSR count). The van der Waals surface area contributed by atoms with Crippen LogP contribution in [-0.2, 0) is 22.6 Å². The van der Waals surface area contributed by atoms with Gasteiger partial charge < -0.3 is 16.0 Å². The number of carbonyl (C=O) groups excluding carboxylic acids is 2. The fourth-order valence-electron chi connectivity index (χ4n) is 3.35. The Labute approximate surface area is 164 Å². The maximum absolute atomic E-state index is 13.0. The predicted molar refractivity (Wildman–Crippen MR) is 106 cm³/mol. The molecule has 1 fully saturated rings. The Morgan fingerprint density at radius 3 is 2.36 bits per heavy atom. The van der Waals surface area contributed by atoms with Gasteiger partial charge in [0.05, 0.1) is 0 Å². The zero-order valence-electron chi connectivity index (χ0n) is 15.8. The van der Waals surface area contributed by atoms with Crippen molar-refractivity contribution in [3.05, 3.63) is 71.5 Å². The molecule has 0 unspecified atom stereocenters. The average Bonchev–Trinajstić information content (AvgIpc) is 2.74. The molecule has 3 N–H and O–H groups in total. The highest BCUT2D eigenvalue weighted by Crippen LogP contribution is 2.13. The van der Waals surface area contributed by atoms with Crippen molar-refractivity contribution in [2.45, 2.75) is 31.8 Å². The normalized spacial score (nSPS) is 15.6. The van der Waals surface area contributed by atoms with Crippen LogP contribution in [0.2, 0.25) is 0 Å². The molecule has 1 aliphatic heterocycles. The summed E-state index contributed by atoms with van der Waals surface area (Å²) in [4.78, 5) is 25.4. The SMILES string of the molecule is O=C(N[C@H](Cc1ccccc1)C(=O)NCc1ccc(F)cc1)C1CCNCC1. The molecule has 0 bridgehead atoms. The minimum absolute atomic E-state index is 0.0654. The summed E-state index contributed by atoms with van der Waals surface area (Å²) in [6.07, 6.45) is 1.98. The van der Waals surface area contributed by atoms with E-state index in [-0.39, 0.29) is 30.1 Å². The molecule has 28 heavy (non-hydrogen) atoms. The van der Waals surface area contributed by atoms with Gasteiger partial charge in [-0.3, -0.25) is 9.59 Å². The largest absolute Gasteiger partial charge is 0.350 e. The standard InChI is InChI=1S/C22H26FN3O2/c23-19-8-6-17(7-9-19)15-25-22(28)20(14-16-4-2-1-3-5-16)26-21(27)18-10-12-24-13-11-18/h1-9,18,20,24H,10-15H2,(H,25,28)(H,26,27)/t20-/m1/s1. The quantitative estimate of drug-likeness (QED) is 0.686. The van der Waals surface area contributed by atoms with Crippen molar-refractivity contribution in [1.29, 1.82) is 0 Å². The van der Waals surface area contributed by atoms with Crippen molar-refractivity contribution in [2.24, 2.45) is 5.92 Å². The van der Waals surface area contributed by atoms with Crippen molar-refractivity contribution in [2.75, 3.05) is 13.1 Å². The molecule has 1 aliphatic rings. The van der Waals surface area contributed by atoms with E-state index in [0.717, 1.165) is 37.1 Å². The Balaban J connectivity index is 1.64. The summed E-state index contributed by atoms with van der Waals surface area (Å²) in [5.74, 6) is -0.689. The molecule has 2 aromatic rings. The van der Waals surface area contributed by atoms with E-state index in [1.807, 2.05) is 30.3 Å². The van der Waals surface area contributed by atoms with Gasteiger partial charge in [0.1, 0.15) is 11.9 Å². The molecule has 148 valence electrons. The number of rotatable bonds is 7. The van der Waals surface area contributed by atoms with Crippen molar-refractivity contribution in [3.8, 4) is 0 Å². The van der Waals surface area contributed by atoms with Crippen LogP contribution in [-0.4, -0.2) is 30.9 Å². The van der Waals surface area contributed by atoms with E-state index in [4.69, 9.17) is 0 Å². The predicted octanol–water partition coefficient (Wildman–Crippen LogP) is 2.17. The molecule has 1 saturated heterocycles. The van der Waals surface area contributed by atoms with Crippen LogP contribution in [0, 0.1) is 11.7 Å². The summed E-state index contributed by atoms with van der Waals surface area (Å²) in [7, 11) is 0. The topological polar surface area (TPSA) is 70.2 Å². The van der Waals surface area contributed by atoms with Crippen LogP contribution in [0.3, 0.4) is 0 Å². The van der Waals surface area contributed by atoms with Crippen LogP contribution in [0.1, 0.15) is 24.0 Å². The van der Waals surface area contributed by atoms with Gasteiger partial charge in [-0.2, -0.15) is 0 Å². The minimum Gasteiger partial charge on any atom is -0.350 e. The van der Waals surface area contributed by atoms with E-state index in [2.05, 4.69) is 16.0 Å². The second-order valence-corrected chi connectivity index (χ2v) is 7.12. The first-order valence-corrected chi connectivity index (χ1v) is 9.69. The zero-order valence-corrected chi connectivity index (χ0v) is 15.8. The molecular formula is C22H26FN3O2. The number of hydrogen-bond donors (Lipinski definition) is 3. The Morgan fingerprint density at radius 1 is 1.00 bits per heavy atom. The molecule has 1 atom stereocenters. The summed E-state index contributed by atoms with van der Waals surface area (Å²) in [5.41, 5.74) is 1.79. The van der Waals surface area contributed by atoms with E-state index in [9.17, 15) is 14.0 Å². The van der Waals surface area contributed by atoms with E-state index in [1.165, 1.54) is 12.1 Å². The van der Waals surface area contributed by atoms with Crippen LogP contribution in [0.4, 0.5) is 4.39 Å². The van der Waals surface area contributed by atoms with Crippen LogP contribution in [0.5, 0.6) is 0 Å². The lowest BCUT2D eigenvalue weighted by Crippen LogP contribution is -2.50. The second kappa shape index (κ2) is 9.99. The molecule has 0 radical (unpaired) electrons. The lowest BCUT2D eigenvalue weighted by molar-refractivity contribution is -0.131. The lowest BCUT2D eigenvalue weighted by Gasteiger charge is -2.25. The van der Waals surface area contributed by atoms with Gasteiger partial charge in [0.15, 0.2) is 0 Å². The minimum atomic E-state index is -0.648. The van der Waals surface area contributed by atoms with Gasteiger partial charge in [0.25, 0.3) is 0 Å². The Hall–Kier alpha value is -2.73. The number of piperidine rings is 1. The van der Waals surface area contributed by atoms with E-state index in [1.54, 1.807) is 12.1 Å². The van der Waals surface area contributed by atoms with Crippen molar-refractivity contribution in [3.63, 3.8) is 0 Å². The van der Waals surface area contributed by atoms with Crippen LogP contribution in [0.25, 0.3) is 0 Å². The van der Waals surface area contributed by atoms with E-state index < -0.39 is 6.04 Å². The van der Waals surface area contributed by atoms with Gasteiger partial charge in [0.2, 0.25) is 11.8 Å². The van der Waals surface area contributed by atoms with Gasteiger partial charge in [-0.25, -0.2) is 4.39 Å². The third-order valence-electron chi connectivity index (χ3n) is 5.01. The first kappa shape index (κ1) is 20.0. The smallest absolute Gasteiger partial charge is 0.243 e. The number of hydrogen-bond acceptors (Lipinski definition) is 3. The average molecular weight is 383 g/mol. The maximum Gasteiger partial charge on any atom is 0.243 e. The summed E-state index contributed by atoms with van der Waals surface area (Å²) in [5, 5.41) is 9.04. The number of halogens is 1. The highest BCUT2D eigenvalue weighted by molar-refractivity contribution is 5.88. The molecule has 0 spiro atoms. The van der Waals surface area contributed by atoms with E-state index >= 15 is 0 Å².